The van der Waals surface area contributed by atoms with Crippen LogP contribution in [0.25, 0.3) is 0 Å². The Morgan fingerprint density at radius 2 is 2.27 bits per heavy atom. The zero-order chi connectivity index (χ0) is 10.8. The van der Waals surface area contributed by atoms with E-state index in [4.69, 9.17) is 4.74 Å². The topological polar surface area (TPSA) is 21.3 Å². The van der Waals surface area contributed by atoms with Crippen molar-refractivity contribution in [3.8, 4) is 0 Å². The molecule has 2 atom stereocenters. The minimum atomic E-state index is 0.310. The van der Waals surface area contributed by atoms with Crippen LogP contribution in [0.15, 0.2) is 22.7 Å². The quantitative estimate of drug-likeness (QED) is 0.889. The Bertz CT molecular complexity index is 353. The summed E-state index contributed by atoms with van der Waals surface area (Å²) in [5.74, 6) is 0. The molecule has 0 spiro atoms. The summed E-state index contributed by atoms with van der Waals surface area (Å²) < 4.78 is 6.67. The summed E-state index contributed by atoms with van der Waals surface area (Å²) in [7, 11) is 0. The Labute approximate surface area is 99.1 Å². The molecule has 0 aliphatic carbocycles. The molecule has 82 valence electrons. The molecule has 3 heteroatoms. The Balaban J connectivity index is 2.07. The number of ether oxygens (including phenoxy) is 1. The fraction of sp³-hybridized carbons (Fsp3) is 0.500. The zero-order valence-electron chi connectivity index (χ0n) is 9.09. The fourth-order valence-electron chi connectivity index (χ4n) is 1.82. The Hall–Kier alpha value is -0.540. The summed E-state index contributed by atoms with van der Waals surface area (Å²) in [5, 5.41) is 3.50. The van der Waals surface area contributed by atoms with Crippen molar-refractivity contribution in [1.82, 2.24) is 0 Å². The van der Waals surface area contributed by atoms with Crippen LogP contribution in [-0.2, 0) is 4.74 Å². The highest BCUT2D eigenvalue weighted by molar-refractivity contribution is 9.10. The molecular weight excluding hydrogens is 254 g/mol. The van der Waals surface area contributed by atoms with Crippen molar-refractivity contribution in [2.24, 2.45) is 0 Å². The molecule has 0 bridgehead atoms. The van der Waals surface area contributed by atoms with Crippen molar-refractivity contribution in [3.63, 3.8) is 0 Å². The van der Waals surface area contributed by atoms with E-state index in [1.54, 1.807) is 0 Å². The Morgan fingerprint density at radius 1 is 1.47 bits per heavy atom. The molecule has 15 heavy (non-hydrogen) atoms. The molecule has 1 fully saturated rings. The number of aryl methyl sites for hydroxylation is 1. The number of halogens is 1. The molecule has 0 unspecified atom stereocenters. The minimum Gasteiger partial charge on any atom is -0.380 e. The van der Waals surface area contributed by atoms with Gasteiger partial charge in [0, 0.05) is 16.8 Å². The third kappa shape index (κ3) is 2.52. The van der Waals surface area contributed by atoms with Crippen LogP contribution in [0.5, 0.6) is 0 Å². The largest absolute Gasteiger partial charge is 0.380 e. The van der Waals surface area contributed by atoms with Gasteiger partial charge in [-0.3, -0.25) is 0 Å². The first kappa shape index (κ1) is 11.0. The smallest absolute Gasteiger partial charge is 0.0748 e. The SMILES string of the molecule is Cc1ccc(N[C@H]2CCO[C@H]2C)cc1Br. The van der Waals surface area contributed by atoms with Crippen molar-refractivity contribution in [2.45, 2.75) is 32.4 Å². The van der Waals surface area contributed by atoms with Crippen molar-refractivity contribution in [1.29, 1.82) is 0 Å². The highest BCUT2D eigenvalue weighted by Gasteiger charge is 2.23. The lowest BCUT2D eigenvalue weighted by Gasteiger charge is -2.17. The maximum atomic E-state index is 5.52. The molecule has 0 amide bonds. The van der Waals surface area contributed by atoms with Crippen LogP contribution in [0.4, 0.5) is 5.69 Å². The minimum absolute atomic E-state index is 0.310. The van der Waals surface area contributed by atoms with Gasteiger partial charge in [0.05, 0.1) is 12.1 Å². The van der Waals surface area contributed by atoms with Crippen LogP contribution in [0.2, 0.25) is 0 Å². The van der Waals surface area contributed by atoms with Gasteiger partial charge in [-0.1, -0.05) is 22.0 Å². The van der Waals surface area contributed by atoms with Crippen LogP contribution in [0.3, 0.4) is 0 Å². The number of hydrogen-bond acceptors (Lipinski definition) is 2. The van der Waals surface area contributed by atoms with Crippen LogP contribution in [0.1, 0.15) is 18.9 Å². The van der Waals surface area contributed by atoms with Gasteiger partial charge in [0.15, 0.2) is 0 Å². The summed E-state index contributed by atoms with van der Waals surface area (Å²) in [6.45, 7) is 5.08. The number of hydrogen-bond donors (Lipinski definition) is 1. The molecule has 1 saturated heterocycles. The molecule has 1 aromatic carbocycles. The van der Waals surface area contributed by atoms with Gasteiger partial charge in [0.25, 0.3) is 0 Å². The predicted molar refractivity (Wildman–Crippen MR) is 66.3 cm³/mol. The first-order chi connectivity index (χ1) is 7.16. The molecule has 1 aromatic rings. The molecule has 1 N–H and O–H groups in total. The molecular formula is C12H16BrNO. The van der Waals surface area contributed by atoms with E-state index in [2.05, 4.69) is 53.3 Å². The zero-order valence-corrected chi connectivity index (χ0v) is 10.7. The maximum absolute atomic E-state index is 5.52. The van der Waals surface area contributed by atoms with Crippen molar-refractivity contribution < 1.29 is 4.74 Å². The summed E-state index contributed by atoms with van der Waals surface area (Å²) >= 11 is 3.54. The predicted octanol–water partition coefficient (Wildman–Crippen LogP) is 3.35. The van der Waals surface area contributed by atoms with E-state index in [0.29, 0.717) is 12.1 Å². The summed E-state index contributed by atoms with van der Waals surface area (Å²) in [6, 6.07) is 6.80. The average molecular weight is 270 g/mol. The van der Waals surface area contributed by atoms with Crippen molar-refractivity contribution in [3.05, 3.63) is 28.2 Å². The molecule has 1 aliphatic rings. The van der Waals surface area contributed by atoms with Crippen LogP contribution < -0.4 is 5.32 Å². The maximum Gasteiger partial charge on any atom is 0.0748 e. The number of nitrogens with one attached hydrogen (secondary N) is 1. The first-order valence-electron chi connectivity index (χ1n) is 5.31. The third-order valence-electron chi connectivity index (χ3n) is 2.90. The van der Waals surface area contributed by atoms with Gasteiger partial charge < -0.3 is 10.1 Å². The van der Waals surface area contributed by atoms with Gasteiger partial charge in [-0.2, -0.15) is 0 Å². The van der Waals surface area contributed by atoms with Crippen LogP contribution in [0, 0.1) is 6.92 Å². The Morgan fingerprint density at radius 3 is 2.87 bits per heavy atom. The third-order valence-corrected chi connectivity index (χ3v) is 3.75. The summed E-state index contributed by atoms with van der Waals surface area (Å²) in [5.41, 5.74) is 2.42. The first-order valence-corrected chi connectivity index (χ1v) is 6.10. The second kappa shape index (κ2) is 4.54. The molecule has 0 saturated carbocycles. The normalized spacial score (nSPS) is 25.5. The number of rotatable bonds is 2. The molecule has 0 radical (unpaired) electrons. The van der Waals surface area contributed by atoms with E-state index in [1.807, 2.05) is 0 Å². The van der Waals surface area contributed by atoms with E-state index in [0.717, 1.165) is 23.2 Å². The van der Waals surface area contributed by atoms with Crippen LogP contribution >= 0.6 is 15.9 Å². The molecule has 1 aliphatic heterocycles. The van der Waals surface area contributed by atoms with E-state index in [9.17, 15) is 0 Å². The highest BCUT2D eigenvalue weighted by atomic mass is 79.9. The van der Waals surface area contributed by atoms with E-state index < -0.39 is 0 Å². The molecule has 2 rings (SSSR count). The highest BCUT2D eigenvalue weighted by Crippen LogP contribution is 2.23. The van der Waals surface area contributed by atoms with E-state index in [-0.39, 0.29) is 0 Å². The molecule has 2 nitrogen and oxygen atoms in total. The monoisotopic (exact) mass is 269 g/mol. The average Bonchev–Trinajstić information content (AvgIpc) is 2.59. The van der Waals surface area contributed by atoms with E-state index in [1.165, 1.54) is 5.56 Å². The van der Waals surface area contributed by atoms with Crippen molar-refractivity contribution >= 4 is 21.6 Å². The van der Waals surface area contributed by atoms with Gasteiger partial charge in [-0.25, -0.2) is 0 Å². The lowest BCUT2D eigenvalue weighted by atomic mass is 10.1. The second-order valence-corrected chi connectivity index (χ2v) is 4.93. The lowest BCUT2D eigenvalue weighted by molar-refractivity contribution is 0.121. The van der Waals surface area contributed by atoms with Crippen molar-refractivity contribution in [2.75, 3.05) is 11.9 Å². The van der Waals surface area contributed by atoms with Gasteiger partial charge >= 0.3 is 0 Å². The second-order valence-electron chi connectivity index (χ2n) is 4.08. The fourth-order valence-corrected chi connectivity index (χ4v) is 2.20. The standard InChI is InChI=1S/C12H16BrNO/c1-8-3-4-10(7-11(8)13)14-12-5-6-15-9(12)2/h3-4,7,9,12,14H,5-6H2,1-2H3/t9-,12-/m0/s1. The molecule has 1 heterocycles. The Kier molecular flexibility index (Phi) is 3.32. The summed E-state index contributed by atoms with van der Waals surface area (Å²) in [4.78, 5) is 0. The van der Waals surface area contributed by atoms with Gasteiger partial charge in [-0.15, -0.1) is 0 Å². The number of benzene rings is 1. The lowest BCUT2D eigenvalue weighted by Crippen LogP contribution is -2.26. The van der Waals surface area contributed by atoms with Gasteiger partial charge in [0.2, 0.25) is 0 Å². The van der Waals surface area contributed by atoms with E-state index >= 15 is 0 Å². The van der Waals surface area contributed by atoms with Crippen LogP contribution in [-0.4, -0.2) is 18.8 Å². The van der Waals surface area contributed by atoms with Gasteiger partial charge in [0.1, 0.15) is 0 Å². The number of anilines is 1. The molecule has 0 aromatic heterocycles. The van der Waals surface area contributed by atoms with Gasteiger partial charge in [-0.05, 0) is 38.0 Å². The summed E-state index contributed by atoms with van der Waals surface area (Å²) in [6.07, 6.45) is 1.40.